The van der Waals surface area contributed by atoms with Gasteiger partial charge in [0, 0.05) is 29.8 Å². The lowest BCUT2D eigenvalue weighted by atomic mass is 9.64. The predicted molar refractivity (Wildman–Crippen MR) is 70.2 cm³/mol. The van der Waals surface area contributed by atoms with E-state index in [-0.39, 0.29) is 11.5 Å². The first-order valence-electron chi connectivity index (χ1n) is 6.42. The molecule has 4 heteroatoms. The first-order chi connectivity index (χ1) is 8.59. The van der Waals surface area contributed by atoms with Crippen LogP contribution in [0.3, 0.4) is 0 Å². The summed E-state index contributed by atoms with van der Waals surface area (Å²) in [4.78, 5) is 0. The molecule has 2 unspecified atom stereocenters. The fourth-order valence-corrected chi connectivity index (χ4v) is 2.61. The second-order valence-corrected chi connectivity index (χ2v) is 5.71. The fraction of sp³-hybridized carbons (Fsp3) is 0.500. The summed E-state index contributed by atoms with van der Waals surface area (Å²) < 4.78 is 1.89. The second-order valence-electron chi connectivity index (χ2n) is 5.71. The van der Waals surface area contributed by atoms with Crippen molar-refractivity contribution < 1.29 is 5.11 Å². The standard InChI is InChI=1S/C14H19N3O/c1-14(2)12(7-13(14)18)15-8-10-9-16-17-6-4-3-5-11(10)17/h3-6,9,12-13,15,18H,7-8H2,1-2H3. The van der Waals surface area contributed by atoms with Crippen molar-refractivity contribution in [2.75, 3.05) is 0 Å². The largest absolute Gasteiger partial charge is 0.392 e. The van der Waals surface area contributed by atoms with E-state index in [1.165, 1.54) is 5.56 Å². The minimum Gasteiger partial charge on any atom is -0.392 e. The second kappa shape index (κ2) is 4.07. The Morgan fingerprint density at radius 3 is 3.06 bits per heavy atom. The van der Waals surface area contributed by atoms with Crippen LogP contribution in [0.5, 0.6) is 0 Å². The highest BCUT2D eigenvalue weighted by Gasteiger charge is 2.46. The molecule has 1 aliphatic rings. The summed E-state index contributed by atoms with van der Waals surface area (Å²) in [6, 6.07) is 6.46. The number of nitrogens with zero attached hydrogens (tertiary/aromatic N) is 2. The van der Waals surface area contributed by atoms with Crippen molar-refractivity contribution in [2.24, 2.45) is 5.41 Å². The first-order valence-corrected chi connectivity index (χ1v) is 6.42. The van der Waals surface area contributed by atoms with Crippen LogP contribution in [0.4, 0.5) is 0 Å². The van der Waals surface area contributed by atoms with Crippen molar-refractivity contribution in [1.29, 1.82) is 0 Å². The molecule has 1 aliphatic carbocycles. The van der Waals surface area contributed by atoms with Gasteiger partial charge in [0.15, 0.2) is 0 Å². The van der Waals surface area contributed by atoms with Crippen molar-refractivity contribution >= 4 is 5.52 Å². The van der Waals surface area contributed by atoms with Gasteiger partial charge in [-0.05, 0) is 18.6 Å². The summed E-state index contributed by atoms with van der Waals surface area (Å²) in [5, 5.41) is 17.6. The summed E-state index contributed by atoms with van der Waals surface area (Å²) in [6.45, 7) is 5.01. The van der Waals surface area contributed by atoms with E-state index in [0.717, 1.165) is 18.5 Å². The summed E-state index contributed by atoms with van der Waals surface area (Å²) in [5.74, 6) is 0. The maximum atomic E-state index is 9.72. The Bertz CT molecular complexity index is 561. The maximum Gasteiger partial charge on any atom is 0.0706 e. The van der Waals surface area contributed by atoms with E-state index in [9.17, 15) is 5.11 Å². The van der Waals surface area contributed by atoms with Gasteiger partial charge in [0.05, 0.1) is 17.8 Å². The number of pyridine rings is 1. The lowest BCUT2D eigenvalue weighted by molar-refractivity contribution is -0.0729. The summed E-state index contributed by atoms with van der Waals surface area (Å²) >= 11 is 0. The van der Waals surface area contributed by atoms with Crippen LogP contribution in [0.15, 0.2) is 30.6 Å². The monoisotopic (exact) mass is 245 g/mol. The number of aliphatic hydroxyl groups is 1. The molecule has 0 amide bonds. The highest BCUT2D eigenvalue weighted by molar-refractivity contribution is 5.53. The van der Waals surface area contributed by atoms with Crippen molar-refractivity contribution in [3.05, 3.63) is 36.2 Å². The molecule has 0 radical (unpaired) electrons. The number of hydrogen-bond donors (Lipinski definition) is 2. The van der Waals surface area contributed by atoms with Gasteiger partial charge in [-0.1, -0.05) is 19.9 Å². The first kappa shape index (κ1) is 11.7. The lowest BCUT2D eigenvalue weighted by Crippen LogP contribution is -2.59. The molecule has 2 atom stereocenters. The minimum absolute atomic E-state index is 0.0248. The van der Waals surface area contributed by atoms with Gasteiger partial charge >= 0.3 is 0 Å². The van der Waals surface area contributed by atoms with E-state index >= 15 is 0 Å². The summed E-state index contributed by atoms with van der Waals surface area (Å²) in [7, 11) is 0. The fourth-order valence-electron chi connectivity index (χ4n) is 2.61. The molecule has 96 valence electrons. The van der Waals surface area contributed by atoms with Gasteiger partial charge in [-0.15, -0.1) is 0 Å². The van der Waals surface area contributed by atoms with Crippen molar-refractivity contribution in [2.45, 2.75) is 39.0 Å². The number of aliphatic hydroxyl groups excluding tert-OH is 1. The summed E-state index contributed by atoms with van der Waals surface area (Å²) in [5.41, 5.74) is 2.32. The van der Waals surface area contributed by atoms with Crippen LogP contribution in [0.25, 0.3) is 5.52 Å². The highest BCUT2D eigenvalue weighted by atomic mass is 16.3. The Labute approximate surface area is 107 Å². The zero-order chi connectivity index (χ0) is 12.8. The van der Waals surface area contributed by atoms with Gasteiger partial charge in [0.25, 0.3) is 0 Å². The molecule has 1 fully saturated rings. The van der Waals surface area contributed by atoms with E-state index in [0.29, 0.717) is 6.04 Å². The van der Waals surface area contributed by atoms with Crippen LogP contribution in [-0.2, 0) is 6.54 Å². The topological polar surface area (TPSA) is 49.6 Å². The zero-order valence-electron chi connectivity index (χ0n) is 10.8. The third kappa shape index (κ3) is 1.72. The van der Waals surface area contributed by atoms with Gasteiger partial charge in [-0.25, -0.2) is 4.52 Å². The van der Waals surface area contributed by atoms with E-state index < -0.39 is 0 Å². The quantitative estimate of drug-likeness (QED) is 0.863. The molecule has 2 N–H and O–H groups in total. The average molecular weight is 245 g/mol. The molecule has 0 aliphatic heterocycles. The van der Waals surface area contributed by atoms with E-state index in [1.54, 1.807) is 0 Å². The summed E-state index contributed by atoms with van der Waals surface area (Å²) in [6.07, 6.45) is 4.52. The Morgan fingerprint density at radius 1 is 1.50 bits per heavy atom. The van der Waals surface area contributed by atoms with Crippen molar-refractivity contribution in [1.82, 2.24) is 14.9 Å². The van der Waals surface area contributed by atoms with Crippen molar-refractivity contribution in [3.8, 4) is 0 Å². The van der Waals surface area contributed by atoms with Gasteiger partial charge in [-0.3, -0.25) is 0 Å². The molecule has 2 aromatic heterocycles. The number of hydrogen-bond acceptors (Lipinski definition) is 3. The number of aromatic nitrogens is 2. The molecule has 1 saturated carbocycles. The van der Waals surface area contributed by atoms with Gasteiger partial charge in [0.1, 0.15) is 0 Å². The smallest absolute Gasteiger partial charge is 0.0706 e. The Hall–Kier alpha value is -1.39. The third-order valence-corrected chi connectivity index (χ3v) is 4.26. The predicted octanol–water partition coefficient (Wildman–Crippen LogP) is 1.58. The molecule has 4 nitrogen and oxygen atoms in total. The SMILES string of the molecule is CC1(C)C(O)CC1NCc1cnn2ccccc12. The molecule has 0 spiro atoms. The molecule has 3 rings (SSSR count). The van der Waals surface area contributed by atoms with Crippen LogP contribution in [0, 0.1) is 5.41 Å². The number of nitrogens with one attached hydrogen (secondary N) is 1. The molecule has 0 aromatic carbocycles. The molecule has 0 saturated heterocycles. The molecule has 2 heterocycles. The minimum atomic E-state index is -0.182. The average Bonchev–Trinajstić information content (AvgIpc) is 2.78. The van der Waals surface area contributed by atoms with Gasteiger partial charge in [-0.2, -0.15) is 5.10 Å². The Kier molecular flexibility index (Phi) is 2.64. The highest BCUT2D eigenvalue weighted by Crippen LogP contribution is 2.40. The number of fused-ring (bicyclic) bond motifs is 1. The molecule has 18 heavy (non-hydrogen) atoms. The van der Waals surface area contributed by atoms with Gasteiger partial charge in [0.2, 0.25) is 0 Å². The van der Waals surface area contributed by atoms with Crippen LogP contribution < -0.4 is 5.32 Å². The Morgan fingerprint density at radius 2 is 2.33 bits per heavy atom. The molecular weight excluding hydrogens is 226 g/mol. The maximum absolute atomic E-state index is 9.72. The zero-order valence-corrected chi connectivity index (χ0v) is 10.8. The molecular formula is C14H19N3O. The van der Waals surface area contributed by atoms with Crippen LogP contribution in [-0.4, -0.2) is 26.9 Å². The molecule has 2 aromatic rings. The number of rotatable bonds is 3. The van der Waals surface area contributed by atoms with Crippen LogP contribution in [0.2, 0.25) is 0 Å². The van der Waals surface area contributed by atoms with Crippen LogP contribution in [0.1, 0.15) is 25.8 Å². The lowest BCUT2D eigenvalue weighted by Gasteiger charge is -2.49. The van der Waals surface area contributed by atoms with E-state index in [2.05, 4.69) is 30.3 Å². The van der Waals surface area contributed by atoms with Crippen molar-refractivity contribution in [3.63, 3.8) is 0 Å². The van der Waals surface area contributed by atoms with E-state index in [1.807, 2.05) is 29.0 Å². The normalized spacial score (nSPS) is 26.2. The van der Waals surface area contributed by atoms with E-state index in [4.69, 9.17) is 0 Å². The molecule has 0 bridgehead atoms. The van der Waals surface area contributed by atoms with Crippen LogP contribution >= 0.6 is 0 Å². The Balaban J connectivity index is 1.71. The third-order valence-electron chi connectivity index (χ3n) is 4.26. The van der Waals surface area contributed by atoms with Gasteiger partial charge < -0.3 is 10.4 Å².